The molecule has 2 aliphatic rings. The number of nitrogens with zero attached hydrogens (tertiary/aromatic N) is 1. The second kappa shape index (κ2) is 6.23. The molecule has 3 rings (SSSR count). The van der Waals surface area contributed by atoms with Gasteiger partial charge >= 0.3 is 5.97 Å². The number of para-hydroxylation sites is 1. The average Bonchev–Trinajstić information content (AvgIpc) is 2.76. The van der Waals surface area contributed by atoms with E-state index < -0.39 is 51.2 Å². The maximum Gasteiger partial charge on any atom is 0.332 e. The van der Waals surface area contributed by atoms with Crippen molar-refractivity contribution in [3.8, 4) is 0 Å². The van der Waals surface area contributed by atoms with E-state index in [1.54, 1.807) is 26.0 Å². The molecule has 2 amide bonds. The molecule has 2 saturated heterocycles. The van der Waals surface area contributed by atoms with Gasteiger partial charge in [0.15, 0.2) is 16.8 Å². The maximum absolute atomic E-state index is 12.6. The Labute approximate surface area is 147 Å². The van der Waals surface area contributed by atoms with Gasteiger partial charge in [-0.05, 0) is 37.2 Å². The van der Waals surface area contributed by atoms with Gasteiger partial charge in [-0.15, -0.1) is 0 Å². The Balaban J connectivity index is 1.64. The first-order chi connectivity index (χ1) is 11.7. The van der Waals surface area contributed by atoms with Crippen LogP contribution in [0, 0.1) is 0 Å². The number of carboxylic acid groups (broad SMARTS) is 1. The number of aliphatic carboxylic acids is 1. The number of carbonyl (C=O) groups excluding carboxylic acids is 2. The zero-order chi connectivity index (χ0) is 18.4. The molecule has 0 radical (unpaired) electrons. The van der Waals surface area contributed by atoms with Crippen molar-refractivity contribution in [2.24, 2.45) is 0 Å². The molecule has 1 aromatic rings. The summed E-state index contributed by atoms with van der Waals surface area (Å²) >= 11 is -1.59. The molecule has 2 fully saturated rings. The molecule has 3 N–H and O–H groups in total. The molecule has 1 aromatic carbocycles. The van der Waals surface area contributed by atoms with Crippen molar-refractivity contribution >= 4 is 34.6 Å². The summed E-state index contributed by atoms with van der Waals surface area (Å²) in [5.74, 6) is -2.12. The number of carbonyl (C=O) groups is 3. The van der Waals surface area contributed by atoms with Crippen molar-refractivity contribution in [1.29, 1.82) is 0 Å². The highest BCUT2D eigenvalue weighted by Crippen LogP contribution is 2.45. The van der Waals surface area contributed by atoms with Gasteiger partial charge in [-0.3, -0.25) is 14.5 Å². The second-order valence-corrected chi connectivity index (χ2v) is 8.67. The Bertz CT molecular complexity index is 711. The topological polar surface area (TPSA) is 122 Å². The van der Waals surface area contributed by atoms with Crippen molar-refractivity contribution in [2.45, 2.75) is 36.1 Å². The minimum Gasteiger partial charge on any atom is -0.614 e. The summed E-state index contributed by atoms with van der Waals surface area (Å²) in [6.45, 7) is 3.07. The smallest absolute Gasteiger partial charge is 0.332 e. The molecule has 0 saturated carbocycles. The molecule has 25 heavy (non-hydrogen) atoms. The molecular formula is C16H19N3O5S. The second-order valence-electron chi connectivity index (χ2n) is 6.54. The fourth-order valence-corrected chi connectivity index (χ4v) is 5.18. The lowest BCUT2D eigenvalue weighted by Crippen LogP contribution is -2.72. The van der Waals surface area contributed by atoms with Crippen LogP contribution in [0.2, 0.25) is 0 Å². The highest BCUT2D eigenvalue weighted by atomic mass is 32.2. The fraction of sp³-hybridized carbons (Fsp3) is 0.438. The Morgan fingerprint density at radius 3 is 2.56 bits per heavy atom. The quantitative estimate of drug-likeness (QED) is 0.488. The van der Waals surface area contributed by atoms with Crippen LogP contribution < -0.4 is 10.6 Å². The predicted molar refractivity (Wildman–Crippen MR) is 91.1 cm³/mol. The van der Waals surface area contributed by atoms with Crippen LogP contribution in [0.25, 0.3) is 0 Å². The van der Waals surface area contributed by atoms with Crippen molar-refractivity contribution in [1.82, 2.24) is 10.2 Å². The Morgan fingerprint density at radius 2 is 1.96 bits per heavy atom. The van der Waals surface area contributed by atoms with E-state index in [1.807, 2.05) is 18.2 Å². The van der Waals surface area contributed by atoms with Gasteiger partial charge in [0.2, 0.25) is 11.3 Å². The number of β-lactam (4-membered cyclic amide) rings is 1. The molecule has 8 nitrogen and oxygen atoms in total. The molecule has 0 bridgehead atoms. The van der Waals surface area contributed by atoms with Gasteiger partial charge in [0.25, 0.3) is 5.91 Å². The number of carboxylic acids is 1. The van der Waals surface area contributed by atoms with Gasteiger partial charge in [-0.2, -0.15) is 0 Å². The third kappa shape index (κ3) is 2.83. The van der Waals surface area contributed by atoms with Crippen molar-refractivity contribution in [2.75, 3.05) is 11.9 Å². The molecule has 4 atom stereocenters. The van der Waals surface area contributed by atoms with Crippen LogP contribution in [-0.2, 0) is 25.6 Å². The maximum atomic E-state index is 12.6. The zero-order valence-corrected chi connectivity index (χ0v) is 14.6. The molecule has 0 aliphatic carbocycles. The van der Waals surface area contributed by atoms with E-state index in [0.717, 1.165) is 10.6 Å². The van der Waals surface area contributed by atoms with E-state index in [0.29, 0.717) is 0 Å². The van der Waals surface area contributed by atoms with Crippen LogP contribution >= 0.6 is 0 Å². The molecule has 0 aromatic heterocycles. The first-order valence-corrected chi connectivity index (χ1v) is 9.00. The molecular weight excluding hydrogens is 346 g/mol. The van der Waals surface area contributed by atoms with Crippen LogP contribution in [0.1, 0.15) is 13.8 Å². The summed E-state index contributed by atoms with van der Waals surface area (Å²) in [5.41, 5.74) is 0.760. The van der Waals surface area contributed by atoms with E-state index in [4.69, 9.17) is 0 Å². The minimum atomic E-state index is -1.59. The number of benzene rings is 1. The lowest BCUT2D eigenvalue weighted by Gasteiger charge is -2.41. The lowest BCUT2D eigenvalue weighted by molar-refractivity contribution is -0.161. The van der Waals surface area contributed by atoms with Gasteiger partial charge < -0.3 is 20.3 Å². The predicted octanol–water partition coefficient (Wildman–Crippen LogP) is -0.254. The molecule has 2 aliphatic heterocycles. The minimum absolute atomic E-state index is 0.0428. The van der Waals surface area contributed by atoms with E-state index in [-0.39, 0.29) is 6.54 Å². The summed E-state index contributed by atoms with van der Waals surface area (Å²) in [4.78, 5) is 37.0. The Kier molecular flexibility index (Phi) is 4.38. The number of hydrogen-bond donors (Lipinski definition) is 3. The van der Waals surface area contributed by atoms with Crippen LogP contribution in [0.3, 0.4) is 0 Å². The van der Waals surface area contributed by atoms with Gasteiger partial charge in [-0.1, -0.05) is 18.2 Å². The summed E-state index contributed by atoms with van der Waals surface area (Å²) in [6, 6.07) is 7.00. The van der Waals surface area contributed by atoms with Crippen LogP contribution in [0.5, 0.6) is 0 Å². The normalized spacial score (nSPS) is 29.6. The molecule has 0 spiro atoms. The molecule has 9 heteroatoms. The van der Waals surface area contributed by atoms with Gasteiger partial charge in [0, 0.05) is 5.69 Å². The van der Waals surface area contributed by atoms with Crippen molar-refractivity contribution < 1.29 is 24.0 Å². The first-order valence-electron chi connectivity index (χ1n) is 7.79. The first kappa shape index (κ1) is 17.6. The highest BCUT2D eigenvalue weighted by molar-refractivity contribution is 7.94. The molecule has 134 valence electrons. The SMILES string of the molecule is CC1(C)C(C(=O)O)N2C(=O)C(NC(=O)CNc3ccccc3)[C@H]2[S+]1[O-]. The number of anilines is 1. The third-order valence-corrected chi connectivity index (χ3v) is 6.73. The summed E-state index contributed by atoms with van der Waals surface area (Å²) in [7, 11) is 0. The van der Waals surface area contributed by atoms with E-state index in [2.05, 4.69) is 10.6 Å². The number of fused-ring (bicyclic) bond motifs is 1. The average molecular weight is 365 g/mol. The fourth-order valence-electron chi connectivity index (χ4n) is 3.26. The third-order valence-electron chi connectivity index (χ3n) is 4.53. The molecule has 3 unspecified atom stereocenters. The van der Waals surface area contributed by atoms with Crippen LogP contribution in [0.4, 0.5) is 5.69 Å². The number of nitrogens with one attached hydrogen (secondary N) is 2. The largest absolute Gasteiger partial charge is 0.614 e. The van der Waals surface area contributed by atoms with Crippen molar-refractivity contribution in [3.63, 3.8) is 0 Å². The summed E-state index contributed by atoms with van der Waals surface area (Å²) in [5, 5.41) is 14.0. The zero-order valence-electron chi connectivity index (χ0n) is 13.8. The van der Waals surface area contributed by atoms with Gasteiger partial charge in [-0.25, -0.2) is 4.79 Å². The standard InChI is InChI=1S/C16H19N3O5S/c1-16(2)12(15(22)23)19-13(21)11(14(19)25(16)24)18-10(20)8-17-9-6-4-3-5-7-9/h3-7,11-12,14,17H,8H2,1-2H3,(H,18,20)(H,22,23)/t11?,12?,14-,25?/m1/s1. The number of rotatable bonds is 5. The number of hydrogen-bond acceptors (Lipinski definition) is 5. The van der Waals surface area contributed by atoms with Crippen LogP contribution in [0.15, 0.2) is 30.3 Å². The molecule has 2 heterocycles. The summed E-state index contributed by atoms with van der Waals surface area (Å²) in [6.07, 6.45) is 0. The Morgan fingerprint density at radius 1 is 1.32 bits per heavy atom. The van der Waals surface area contributed by atoms with Gasteiger partial charge in [0.1, 0.15) is 0 Å². The van der Waals surface area contributed by atoms with Crippen LogP contribution in [-0.4, -0.2) is 61.1 Å². The Hall–Kier alpha value is -2.26. The van der Waals surface area contributed by atoms with E-state index in [1.165, 1.54) is 0 Å². The van der Waals surface area contributed by atoms with Gasteiger partial charge in [0.05, 0.1) is 6.54 Å². The van der Waals surface area contributed by atoms with E-state index >= 15 is 0 Å². The lowest BCUT2D eigenvalue weighted by atomic mass is 9.96. The van der Waals surface area contributed by atoms with Crippen molar-refractivity contribution in [3.05, 3.63) is 30.3 Å². The highest BCUT2D eigenvalue weighted by Gasteiger charge is 2.72. The monoisotopic (exact) mass is 365 g/mol. The van der Waals surface area contributed by atoms with E-state index in [9.17, 15) is 24.0 Å². The number of amides is 2. The summed E-state index contributed by atoms with van der Waals surface area (Å²) < 4.78 is 11.5.